The van der Waals surface area contributed by atoms with Gasteiger partial charge in [0.05, 0.1) is 12.6 Å². The smallest absolute Gasteiger partial charge is 0.318 e. The number of carbonyl (C=O) groups excluding carboxylic acids is 1. The SMILES string of the molecule is C=C(N)CNC(=C)C1=Cc2ccccc2C1.C=C1CN(C(=O)NC(CC(C)C)C(=C)CC)CCCC1C.CC(C)C. The number of benzene rings is 1. The number of rotatable bonds is 9. The van der Waals surface area contributed by atoms with Crippen molar-refractivity contribution in [3.8, 4) is 0 Å². The van der Waals surface area contributed by atoms with Crippen LogP contribution in [0.5, 0.6) is 0 Å². The van der Waals surface area contributed by atoms with Gasteiger partial charge in [0.15, 0.2) is 0 Å². The molecule has 0 spiro atoms. The van der Waals surface area contributed by atoms with Gasteiger partial charge in [-0.15, -0.1) is 0 Å². The summed E-state index contributed by atoms with van der Waals surface area (Å²) in [6.45, 7) is 33.1. The molecular weight excluding hydrogens is 504 g/mol. The molecule has 0 saturated carbocycles. The molecule has 1 fully saturated rings. The van der Waals surface area contributed by atoms with Crippen LogP contribution in [0.25, 0.3) is 6.08 Å². The molecule has 0 aromatic heterocycles. The first-order valence-corrected chi connectivity index (χ1v) is 15.3. The summed E-state index contributed by atoms with van der Waals surface area (Å²) in [6, 6.07) is 8.50. The predicted molar refractivity (Wildman–Crippen MR) is 179 cm³/mol. The number of amides is 2. The number of carbonyl (C=O) groups is 1. The Balaban J connectivity index is 0.000000371. The maximum absolute atomic E-state index is 12.5. The number of hydrogen-bond donors (Lipinski definition) is 3. The number of nitrogens with one attached hydrogen (secondary N) is 2. The van der Waals surface area contributed by atoms with Crippen LogP contribution in [-0.4, -0.2) is 36.6 Å². The van der Waals surface area contributed by atoms with E-state index in [1.54, 1.807) is 0 Å². The minimum Gasteiger partial charge on any atom is -0.401 e. The summed E-state index contributed by atoms with van der Waals surface area (Å²) in [4.78, 5) is 14.5. The van der Waals surface area contributed by atoms with Gasteiger partial charge in [-0.1, -0.05) is 110 Å². The minimum atomic E-state index is 0.0329. The lowest BCUT2D eigenvalue weighted by molar-refractivity contribution is 0.199. The Morgan fingerprint density at radius 2 is 1.76 bits per heavy atom. The van der Waals surface area contributed by atoms with E-state index in [9.17, 15) is 4.79 Å². The number of nitrogens with zero attached hydrogens (tertiary/aromatic N) is 1. The van der Waals surface area contributed by atoms with E-state index in [2.05, 4.69) is 116 Å². The average Bonchev–Trinajstić information content (AvgIpc) is 3.26. The molecule has 1 aliphatic carbocycles. The molecule has 0 bridgehead atoms. The van der Waals surface area contributed by atoms with E-state index in [4.69, 9.17) is 5.73 Å². The fourth-order valence-electron chi connectivity index (χ4n) is 4.54. The maximum Gasteiger partial charge on any atom is 0.318 e. The van der Waals surface area contributed by atoms with Crippen LogP contribution in [0.2, 0.25) is 0 Å². The molecule has 5 heteroatoms. The van der Waals surface area contributed by atoms with E-state index in [0.717, 1.165) is 61.4 Å². The first-order chi connectivity index (χ1) is 19.2. The van der Waals surface area contributed by atoms with Crippen LogP contribution >= 0.6 is 0 Å². The van der Waals surface area contributed by atoms with E-state index >= 15 is 0 Å². The zero-order valence-electron chi connectivity index (χ0n) is 27.1. The normalized spacial score (nSPS) is 16.7. The minimum absolute atomic E-state index is 0.0329. The average molecular weight is 563 g/mol. The fraction of sp³-hybridized carbons (Fsp3) is 0.528. The third kappa shape index (κ3) is 13.8. The second kappa shape index (κ2) is 18.3. The summed E-state index contributed by atoms with van der Waals surface area (Å²) >= 11 is 0. The standard InChI is InChI=1S/C18H32N2O.C14H16N2.C4H10/c1-7-14(4)17(11-13(2)3)19-18(21)20-10-8-9-15(5)16(6)12-20;1-10(15)9-16-11(2)14-7-12-5-3-4-6-13(12)8-14;1-4(2)3/h13,15,17H,4,6-12H2,1-3,5H3,(H,19,21);3-7,16H,1-2,8-9,15H2;4H,1-3H3. The first kappa shape index (κ1) is 35.8. The quantitative estimate of drug-likeness (QED) is 0.266. The van der Waals surface area contributed by atoms with E-state index in [0.29, 0.717) is 30.6 Å². The molecule has 4 N–H and O–H groups in total. The summed E-state index contributed by atoms with van der Waals surface area (Å²) in [7, 11) is 0. The molecule has 1 aromatic carbocycles. The Kier molecular flexibility index (Phi) is 16.0. The summed E-state index contributed by atoms with van der Waals surface area (Å²) < 4.78 is 0. The summed E-state index contributed by atoms with van der Waals surface area (Å²) in [5, 5.41) is 6.35. The third-order valence-corrected chi connectivity index (χ3v) is 7.08. The highest BCUT2D eigenvalue weighted by molar-refractivity contribution is 5.75. The molecule has 2 aliphatic rings. The highest BCUT2D eigenvalue weighted by Gasteiger charge is 2.24. The Labute approximate surface area is 251 Å². The molecule has 1 heterocycles. The van der Waals surface area contributed by atoms with Crippen LogP contribution in [-0.2, 0) is 6.42 Å². The number of likely N-dealkylation sites (tertiary alicyclic amines) is 1. The Hall–Kier alpha value is -3.21. The summed E-state index contributed by atoms with van der Waals surface area (Å²) in [6.07, 6.45) is 7.14. The molecular formula is C36H58N4O. The Bertz CT molecular complexity index is 1060. The third-order valence-electron chi connectivity index (χ3n) is 7.08. The number of fused-ring (bicyclic) bond motifs is 1. The fourth-order valence-corrected chi connectivity index (χ4v) is 4.54. The number of urea groups is 1. The van der Waals surface area contributed by atoms with Crippen molar-refractivity contribution in [2.75, 3.05) is 19.6 Å². The van der Waals surface area contributed by atoms with E-state index in [1.807, 2.05) is 4.90 Å². The van der Waals surface area contributed by atoms with Crippen LogP contribution in [0, 0.1) is 17.8 Å². The molecule has 5 nitrogen and oxygen atoms in total. The Morgan fingerprint density at radius 3 is 2.32 bits per heavy atom. The second-order valence-corrected chi connectivity index (χ2v) is 12.5. The van der Waals surface area contributed by atoms with E-state index in [1.165, 1.54) is 16.7 Å². The van der Waals surface area contributed by atoms with Crippen molar-refractivity contribution in [3.05, 3.63) is 89.8 Å². The molecule has 1 aliphatic heterocycles. The lowest BCUT2D eigenvalue weighted by Gasteiger charge is -2.28. The van der Waals surface area contributed by atoms with Crippen molar-refractivity contribution < 1.29 is 4.79 Å². The van der Waals surface area contributed by atoms with Crippen molar-refractivity contribution in [3.63, 3.8) is 0 Å². The van der Waals surface area contributed by atoms with Crippen molar-refractivity contribution >= 4 is 12.1 Å². The predicted octanol–water partition coefficient (Wildman–Crippen LogP) is 8.23. The van der Waals surface area contributed by atoms with Crippen molar-refractivity contribution in [1.82, 2.24) is 15.5 Å². The number of hydrogen-bond acceptors (Lipinski definition) is 3. The van der Waals surface area contributed by atoms with Gasteiger partial charge in [-0.05, 0) is 66.2 Å². The van der Waals surface area contributed by atoms with Gasteiger partial charge in [-0.25, -0.2) is 4.79 Å². The number of nitrogens with two attached hydrogens (primary N) is 1. The molecule has 1 aromatic rings. The van der Waals surface area contributed by atoms with Crippen molar-refractivity contribution in [1.29, 1.82) is 0 Å². The largest absolute Gasteiger partial charge is 0.401 e. The molecule has 2 unspecified atom stereocenters. The van der Waals surface area contributed by atoms with Crippen molar-refractivity contribution in [2.45, 2.75) is 86.6 Å². The van der Waals surface area contributed by atoms with Gasteiger partial charge in [0.2, 0.25) is 0 Å². The van der Waals surface area contributed by atoms with Gasteiger partial charge in [0.1, 0.15) is 0 Å². The molecule has 1 saturated heterocycles. The monoisotopic (exact) mass is 562 g/mol. The van der Waals surface area contributed by atoms with Gasteiger partial charge < -0.3 is 21.3 Å². The van der Waals surface area contributed by atoms with Crippen LogP contribution in [0.3, 0.4) is 0 Å². The van der Waals surface area contributed by atoms with Gasteiger partial charge in [0.25, 0.3) is 0 Å². The highest BCUT2D eigenvalue weighted by Crippen LogP contribution is 2.27. The van der Waals surface area contributed by atoms with Gasteiger partial charge in [-0.3, -0.25) is 0 Å². The van der Waals surface area contributed by atoms with Gasteiger partial charge >= 0.3 is 6.03 Å². The maximum atomic E-state index is 12.5. The van der Waals surface area contributed by atoms with Gasteiger partial charge in [0, 0.05) is 30.9 Å². The lowest BCUT2D eigenvalue weighted by Crippen LogP contribution is -2.46. The van der Waals surface area contributed by atoms with Crippen LogP contribution < -0.4 is 16.4 Å². The molecule has 41 heavy (non-hydrogen) atoms. The topological polar surface area (TPSA) is 70.4 Å². The molecule has 2 atom stereocenters. The first-order valence-electron chi connectivity index (χ1n) is 15.3. The summed E-state index contributed by atoms with van der Waals surface area (Å²) in [5.74, 6) is 1.89. The molecule has 228 valence electrons. The second-order valence-electron chi connectivity index (χ2n) is 12.5. The lowest BCUT2D eigenvalue weighted by atomic mass is 9.96. The van der Waals surface area contributed by atoms with Crippen LogP contribution in [0.1, 0.15) is 85.3 Å². The van der Waals surface area contributed by atoms with Crippen molar-refractivity contribution in [2.24, 2.45) is 23.5 Å². The van der Waals surface area contributed by atoms with E-state index < -0.39 is 0 Å². The van der Waals surface area contributed by atoms with Crippen LogP contribution in [0.4, 0.5) is 4.79 Å². The van der Waals surface area contributed by atoms with Crippen LogP contribution in [0.15, 0.2) is 78.7 Å². The Morgan fingerprint density at radius 1 is 1.12 bits per heavy atom. The zero-order chi connectivity index (χ0) is 31.1. The number of allylic oxidation sites excluding steroid dienone is 1. The zero-order valence-corrected chi connectivity index (χ0v) is 27.1. The summed E-state index contributed by atoms with van der Waals surface area (Å²) in [5.41, 5.74) is 13.2. The van der Waals surface area contributed by atoms with Gasteiger partial charge in [-0.2, -0.15) is 0 Å². The molecule has 3 rings (SSSR count). The van der Waals surface area contributed by atoms with E-state index in [-0.39, 0.29) is 12.1 Å². The molecule has 2 amide bonds. The highest BCUT2D eigenvalue weighted by atomic mass is 16.2. The molecule has 0 radical (unpaired) electrons.